The van der Waals surface area contributed by atoms with Crippen LogP contribution in [-0.4, -0.2) is 17.5 Å². The summed E-state index contributed by atoms with van der Waals surface area (Å²) < 4.78 is 0. The lowest BCUT2D eigenvalue weighted by Crippen LogP contribution is -2.56. The van der Waals surface area contributed by atoms with Crippen molar-refractivity contribution < 1.29 is 4.79 Å². The Kier molecular flexibility index (Phi) is 3.78. The lowest BCUT2D eigenvalue weighted by Gasteiger charge is -2.33. The Labute approximate surface area is 127 Å². The maximum Gasteiger partial charge on any atom is 0.224 e. The van der Waals surface area contributed by atoms with Gasteiger partial charge >= 0.3 is 0 Å². The second kappa shape index (κ2) is 5.45. The molecule has 3 atom stereocenters. The Balaban J connectivity index is 1.70. The Morgan fingerprint density at radius 3 is 2.81 bits per heavy atom. The monoisotopic (exact) mass is 286 g/mol. The van der Waals surface area contributed by atoms with Crippen molar-refractivity contribution in [2.45, 2.75) is 63.5 Å². The zero-order valence-corrected chi connectivity index (χ0v) is 13.1. The number of amides is 1. The molecule has 21 heavy (non-hydrogen) atoms. The van der Waals surface area contributed by atoms with Crippen LogP contribution >= 0.6 is 0 Å². The molecule has 0 radical (unpaired) electrons. The van der Waals surface area contributed by atoms with Crippen LogP contribution in [0.5, 0.6) is 0 Å². The number of hydrogen-bond donors (Lipinski definition) is 2. The van der Waals surface area contributed by atoms with E-state index in [1.165, 1.54) is 12.0 Å². The van der Waals surface area contributed by atoms with Crippen LogP contribution in [0.15, 0.2) is 24.3 Å². The van der Waals surface area contributed by atoms with Gasteiger partial charge in [-0.2, -0.15) is 0 Å². The van der Waals surface area contributed by atoms with Crippen LogP contribution in [0.3, 0.4) is 0 Å². The smallest absolute Gasteiger partial charge is 0.224 e. The number of nitrogens with two attached hydrogens (primary N) is 1. The third-order valence-corrected chi connectivity index (χ3v) is 5.37. The van der Waals surface area contributed by atoms with E-state index in [4.69, 9.17) is 5.73 Å². The molecule has 0 heterocycles. The van der Waals surface area contributed by atoms with Gasteiger partial charge in [0.1, 0.15) is 0 Å². The largest absolute Gasteiger partial charge is 0.349 e. The second-order valence-electron chi connectivity index (χ2n) is 7.19. The fourth-order valence-corrected chi connectivity index (χ4v) is 4.26. The number of benzene rings is 1. The van der Waals surface area contributed by atoms with Gasteiger partial charge in [-0.25, -0.2) is 0 Å². The van der Waals surface area contributed by atoms with E-state index in [1.54, 1.807) is 0 Å². The molecule has 1 aromatic rings. The molecule has 2 saturated carbocycles. The molecule has 2 aliphatic carbocycles. The fourth-order valence-electron chi connectivity index (χ4n) is 4.26. The molecule has 3 nitrogen and oxygen atoms in total. The van der Waals surface area contributed by atoms with Crippen LogP contribution in [-0.2, 0) is 11.2 Å². The summed E-state index contributed by atoms with van der Waals surface area (Å²) in [4.78, 5) is 12.5. The first-order valence-corrected chi connectivity index (χ1v) is 8.14. The summed E-state index contributed by atoms with van der Waals surface area (Å²) in [7, 11) is 0. The summed E-state index contributed by atoms with van der Waals surface area (Å²) in [6.45, 7) is 4.34. The summed E-state index contributed by atoms with van der Waals surface area (Å²) in [6.07, 6.45) is 4.88. The highest BCUT2D eigenvalue weighted by Crippen LogP contribution is 2.46. The van der Waals surface area contributed by atoms with Gasteiger partial charge in [-0.1, -0.05) is 38.1 Å². The highest BCUT2D eigenvalue weighted by atomic mass is 16.1. The van der Waals surface area contributed by atoms with Gasteiger partial charge in [0.2, 0.25) is 5.91 Å². The summed E-state index contributed by atoms with van der Waals surface area (Å²) in [5, 5.41) is 3.28. The molecule has 0 spiro atoms. The van der Waals surface area contributed by atoms with Gasteiger partial charge in [0.15, 0.2) is 0 Å². The van der Waals surface area contributed by atoms with E-state index in [2.05, 4.69) is 31.3 Å². The number of carbonyl (C=O) groups excluding carboxylic acids is 1. The van der Waals surface area contributed by atoms with Gasteiger partial charge in [-0.3, -0.25) is 4.79 Å². The number of nitrogens with one attached hydrogen (secondary N) is 1. The van der Waals surface area contributed by atoms with E-state index >= 15 is 0 Å². The van der Waals surface area contributed by atoms with Crippen LogP contribution in [0, 0.1) is 5.92 Å². The number of hydrogen-bond acceptors (Lipinski definition) is 2. The van der Waals surface area contributed by atoms with E-state index in [1.807, 2.05) is 12.1 Å². The van der Waals surface area contributed by atoms with Crippen molar-refractivity contribution in [2.75, 3.05) is 0 Å². The van der Waals surface area contributed by atoms with Crippen molar-refractivity contribution in [1.82, 2.24) is 5.32 Å². The van der Waals surface area contributed by atoms with Crippen molar-refractivity contribution in [3.05, 3.63) is 35.4 Å². The standard InChI is InChI=1S/C18H26N2O/c1-12(2)15-6-4-3-5-14(15)10-17(21)20-18-8-7-13(11-18)9-16(18)19/h3-6,12-13,16H,7-11,19H2,1-2H3,(H,20,21)/t13-,16+,18+/m1/s1. The molecule has 0 saturated heterocycles. The number of carbonyl (C=O) groups is 1. The summed E-state index contributed by atoms with van der Waals surface area (Å²) in [5.41, 5.74) is 8.55. The number of rotatable bonds is 4. The predicted octanol–water partition coefficient (Wildman–Crippen LogP) is 2.74. The highest BCUT2D eigenvalue weighted by molar-refractivity contribution is 5.80. The molecule has 2 aliphatic rings. The van der Waals surface area contributed by atoms with E-state index in [9.17, 15) is 4.79 Å². The van der Waals surface area contributed by atoms with E-state index in [-0.39, 0.29) is 17.5 Å². The third-order valence-electron chi connectivity index (χ3n) is 5.37. The molecule has 114 valence electrons. The zero-order chi connectivity index (χ0) is 15.0. The zero-order valence-electron chi connectivity index (χ0n) is 13.1. The molecule has 3 rings (SSSR count). The summed E-state index contributed by atoms with van der Waals surface area (Å²) in [5.74, 6) is 1.29. The topological polar surface area (TPSA) is 55.1 Å². The Hall–Kier alpha value is -1.35. The molecule has 0 aromatic heterocycles. The molecule has 0 aliphatic heterocycles. The van der Waals surface area contributed by atoms with Crippen LogP contribution in [0.25, 0.3) is 0 Å². The van der Waals surface area contributed by atoms with Gasteiger partial charge in [0, 0.05) is 6.04 Å². The summed E-state index contributed by atoms with van der Waals surface area (Å²) in [6, 6.07) is 8.39. The van der Waals surface area contributed by atoms with Gasteiger partial charge in [0.25, 0.3) is 0 Å². The first-order chi connectivity index (χ1) is 10.00. The fraction of sp³-hybridized carbons (Fsp3) is 0.611. The average Bonchev–Trinajstić information content (AvgIpc) is 2.95. The average molecular weight is 286 g/mol. The van der Waals surface area contributed by atoms with Crippen molar-refractivity contribution in [3.63, 3.8) is 0 Å². The predicted molar refractivity (Wildman–Crippen MR) is 85.0 cm³/mol. The first kappa shape index (κ1) is 14.6. The van der Waals surface area contributed by atoms with Crippen molar-refractivity contribution >= 4 is 5.91 Å². The second-order valence-corrected chi connectivity index (χ2v) is 7.19. The van der Waals surface area contributed by atoms with Crippen LogP contribution in [0.1, 0.15) is 56.6 Å². The third kappa shape index (κ3) is 2.71. The van der Waals surface area contributed by atoms with E-state index in [0.29, 0.717) is 12.3 Å². The Bertz CT molecular complexity index is 540. The SMILES string of the molecule is CC(C)c1ccccc1CC(=O)N[C@]12CC[C@H](C[C@@H]1N)C2. The minimum absolute atomic E-state index is 0.117. The molecule has 3 heteroatoms. The lowest BCUT2D eigenvalue weighted by molar-refractivity contribution is -0.122. The van der Waals surface area contributed by atoms with E-state index in [0.717, 1.165) is 30.7 Å². The maximum atomic E-state index is 12.5. The van der Waals surface area contributed by atoms with Gasteiger partial charge in [-0.15, -0.1) is 0 Å². The minimum Gasteiger partial charge on any atom is -0.349 e. The lowest BCUT2D eigenvalue weighted by atomic mass is 9.88. The number of fused-ring (bicyclic) bond motifs is 2. The van der Waals surface area contributed by atoms with Crippen molar-refractivity contribution in [1.29, 1.82) is 0 Å². The molecular weight excluding hydrogens is 260 g/mol. The summed E-state index contributed by atoms with van der Waals surface area (Å²) >= 11 is 0. The van der Waals surface area contributed by atoms with Gasteiger partial charge in [0.05, 0.1) is 12.0 Å². The van der Waals surface area contributed by atoms with Crippen molar-refractivity contribution in [2.24, 2.45) is 11.7 Å². The molecular formula is C18H26N2O. The normalized spacial score (nSPS) is 30.9. The van der Waals surface area contributed by atoms with Crippen LogP contribution in [0.4, 0.5) is 0 Å². The molecule has 2 fully saturated rings. The molecule has 1 aromatic carbocycles. The molecule has 2 bridgehead atoms. The highest BCUT2D eigenvalue weighted by Gasteiger charge is 2.51. The van der Waals surface area contributed by atoms with E-state index < -0.39 is 0 Å². The van der Waals surface area contributed by atoms with Gasteiger partial charge in [-0.05, 0) is 48.6 Å². The van der Waals surface area contributed by atoms with Crippen LogP contribution < -0.4 is 11.1 Å². The van der Waals surface area contributed by atoms with Crippen LogP contribution in [0.2, 0.25) is 0 Å². The Morgan fingerprint density at radius 2 is 2.19 bits per heavy atom. The first-order valence-electron chi connectivity index (χ1n) is 8.14. The Morgan fingerprint density at radius 1 is 1.43 bits per heavy atom. The molecule has 1 amide bonds. The minimum atomic E-state index is -0.117. The van der Waals surface area contributed by atoms with Crippen molar-refractivity contribution in [3.8, 4) is 0 Å². The molecule has 3 N–H and O–H groups in total. The maximum absolute atomic E-state index is 12.5. The molecule has 0 unspecified atom stereocenters. The quantitative estimate of drug-likeness (QED) is 0.894. The van der Waals surface area contributed by atoms with Gasteiger partial charge < -0.3 is 11.1 Å².